The number of hydroxylamine groups is 4. The molecule has 0 aromatic carbocycles. The Labute approximate surface area is 146 Å². The highest BCUT2D eigenvalue weighted by Gasteiger charge is 2.34. The first-order valence-electron chi connectivity index (χ1n) is 7.79. The van der Waals surface area contributed by atoms with Gasteiger partial charge in [-0.15, -0.1) is 0 Å². The molecular formula is C14H16N2O10. The van der Waals surface area contributed by atoms with Crippen LogP contribution < -0.4 is 0 Å². The van der Waals surface area contributed by atoms with E-state index < -0.39 is 35.9 Å². The molecule has 0 atom stereocenters. The molecule has 26 heavy (non-hydrogen) atoms. The number of rotatable bonds is 7. The van der Waals surface area contributed by atoms with Gasteiger partial charge in [-0.3, -0.25) is 28.9 Å². The Hall–Kier alpha value is -3.18. The molecule has 2 aliphatic rings. The average molecular weight is 372 g/mol. The summed E-state index contributed by atoms with van der Waals surface area (Å²) in [4.78, 5) is 76.5. The van der Waals surface area contributed by atoms with Crippen LogP contribution in [0, 0.1) is 0 Å². The van der Waals surface area contributed by atoms with Gasteiger partial charge in [0.05, 0.1) is 13.2 Å². The van der Waals surface area contributed by atoms with Crippen LogP contribution in [0.25, 0.3) is 0 Å². The first-order valence-corrected chi connectivity index (χ1v) is 7.79. The Morgan fingerprint density at radius 2 is 0.962 bits per heavy atom. The minimum absolute atomic E-state index is 0.0197. The number of unbranched alkanes of at least 4 members (excludes halogenated alkanes) is 1. The van der Waals surface area contributed by atoms with Crippen molar-refractivity contribution in [2.45, 2.75) is 38.5 Å². The first kappa shape index (κ1) is 19.1. The van der Waals surface area contributed by atoms with Gasteiger partial charge in [0.2, 0.25) is 0 Å². The maximum absolute atomic E-state index is 11.3. The van der Waals surface area contributed by atoms with E-state index in [4.69, 9.17) is 0 Å². The van der Waals surface area contributed by atoms with Gasteiger partial charge in [0.15, 0.2) is 0 Å². The van der Waals surface area contributed by atoms with E-state index >= 15 is 0 Å². The summed E-state index contributed by atoms with van der Waals surface area (Å²) in [6, 6.07) is 0. The van der Waals surface area contributed by atoms with Crippen molar-refractivity contribution in [1.82, 2.24) is 10.1 Å². The van der Waals surface area contributed by atoms with E-state index in [1.807, 2.05) is 0 Å². The number of hydrogen-bond acceptors (Lipinski definition) is 10. The van der Waals surface area contributed by atoms with Gasteiger partial charge in [0.1, 0.15) is 0 Å². The predicted octanol–water partition coefficient (Wildman–Crippen LogP) is 0.201. The van der Waals surface area contributed by atoms with Crippen LogP contribution in [0.1, 0.15) is 38.5 Å². The maximum atomic E-state index is 11.3. The van der Waals surface area contributed by atoms with Crippen LogP contribution in [0.4, 0.5) is 9.59 Å². The fraction of sp³-hybridized carbons (Fsp3) is 0.571. The Morgan fingerprint density at radius 1 is 0.654 bits per heavy atom. The van der Waals surface area contributed by atoms with Gasteiger partial charge in [0, 0.05) is 25.7 Å². The third-order valence-corrected chi connectivity index (χ3v) is 3.32. The zero-order valence-corrected chi connectivity index (χ0v) is 13.6. The lowest BCUT2D eigenvalue weighted by Gasteiger charge is -2.13. The van der Waals surface area contributed by atoms with E-state index in [2.05, 4.69) is 19.1 Å². The predicted molar refractivity (Wildman–Crippen MR) is 76.3 cm³/mol. The Balaban J connectivity index is 1.52. The molecule has 2 rings (SSSR count). The number of nitrogens with zero attached hydrogens (tertiary/aromatic N) is 2. The Bertz CT molecular complexity index is 545. The van der Waals surface area contributed by atoms with Crippen LogP contribution in [0.5, 0.6) is 0 Å². The normalized spacial score (nSPS) is 16.9. The van der Waals surface area contributed by atoms with Crippen molar-refractivity contribution in [1.29, 1.82) is 0 Å². The number of carbonyl (C=O) groups is 6. The lowest BCUT2D eigenvalue weighted by molar-refractivity contribution is -0.178. The molecule has 0 N–H and O–H groups in total. The summed E-state index contributed by atoms with van der Waals surface area (Å²) >= 11 is 0. The first-order chi connectivity index (χ1) is 12.4. The van der Waals surface area contributed by atoms with E-state index in [1.54, 1.807) is 0 Å². The molecule has 2 saturated heterocycles. The molecule has 2 heterocycles. The van der Waals surface area contributed by atoms with Crippen LogP contribution in [-0.4, -0.2) is 59.3 Å². The molecule has 0 unspecified atom stereocenters. The highest BCUT2D eigenvalue weighted by molar-refractivity contribution is 6.01. The zero-order chi connectivity index (χ0) is 19.1. The monoisotopic (exact) mass is 372 g/mol. The fourth-order valence-electron chi connectivity index (χ4n) is 2.03. The van der Waals surface area contributed by atoms with Crippen LogP contribution in [0.15, 0.2) is 0 Å². The molecule has 0 spiro atoms. The molecule has 2 fully saturated rings. The molecule has 12 nitrogen and oxygen atoms in total. The Morgan fingerprint density at radius 3 is 1.27 bits per heavy atom. The highest BCUT2D eigenvalue weighted by atomic mass is 16.8. The van der Waals surface area contributed by atoms with Gasteiger partial charge < -0.3 is 9.47 Å². The van der Waals surface area contributed by atoms with Gasteiger partial charge in [-0.25, -0.2) is 9.59 Å². The minimum atomic E-state index is -1.19. The number of hydrogen-bond donors (Lipinski definition) is 0. The summed E-state index contributed by atoms with van der Waals surface area (Å²) in [6.45, 7) is -0.201. The topological polar surface area (TPSA) is 146 Å². The number of carbonyl (C=O) groups excluding carboxylic acids is 6. The molecule has 4 amide bonds. The quantitative estimate of drug-likeness (QED) is 0.345. The van der Waals surface area contributed by atoms with Crippen LogP contribution in [0.2, 0.25) is 0 Å². The molecule has 142 valence electrons. The standard InChI is InChI=1S/C14H16N2O10/c17-9-3-4-10(18)15(9)25-13(21)23-7-1-2-8-24-14(22)26-16-11(19)5-6-12(16)20/h1-8H2. The molecule has 0 radical (unpaired) electrons. The molecule has 0 saturated carbocycles. The zero-order valence-electron chi connectivity index (χ0n) is 13.6. The molecule has 0 aromatic heterocycles. The highest BCUT2D eigenvalue weighted by Crippen LogP contribution is 2.13. The van der Waals surface area contributed by atoms with Gasteiger partial charge >= 0.3 is 12.3 Å². The van der Waals surface area contributed by atoms with Crippen molar-refractivity contribution in [3.63, 3.8) is 0 Å². The van der Waals surface area contributed by atoms with Crippen LogP contribution >= 0.6 is 0 Å². The lowest BCUT2D eigenvalue weighted by Crippen LogP contribution is -2.32. The smallest absolute Gasteiger partial charge is 0.433 e. The van der Waals surface area contributed by atoms with Crippen molar-refractivity contribution in [3.8, 4) is 0 Å². The largest absolute Gasteiger partial charge is 0.533 e. The Kier molecular flexibility index (Phi) is 6.47. The molecular weight excluding hydrogens is 356 g/mol. The molecule has 0 bridgehead atoms. The molecule has 0 aliphatic carbocycles. The second-order valence-corrected chi connectivity index (χ2v) is 5.25. The third-order valence-electron chi connectivity index (χ3n) is 3.32. The SMILES string of the molecule is O=C(OCCCCOC(=O)ON1C(=O)CCC1=O)ON1C(=O)CCC1=O. The number of amides is 4. The van der Waals surface area contributed by atoms with Crippen LogP contribution in [0.3, 0.4) is 0 Å². The van der Waals surface area contributed by atoms with E-state index in [9.17, 15) is 28.8 Å². The van der Waals surface area contributed by atoms with Crippen molar-refractivity contribution in [2.24, 2.45) is 0 Å². The van der Waals surface area contributed by atoms with E-state index in [0.29, 0.717) is 10.1 Å². The number of ether oxygens (including phenoxy) is 2. The fourth-order valence-corrected chi connectivity index (χ4v) is 2.03. The van der Waals surface area contributed by atoms with E-state index in [1.165, 1.54) is 0 Å². The van der Waals surface area contributed by atoms with Crippen molar-refractivity contribution >= 4 is 35.9 Å². The van der Waals surface area contributed by atoms with Gasteiger partial charge in [-0.2, -0.15) is 0 Å². The minimum Gasteiger partial charge on any atom is -0.433 e. The summed E-state index contributed by atoms with van der Waals surface area (Å²) in [7, 11) is 0. The van der Waals surface area contributed by atoms with Gasteiger partial charge in [-0.05, 0) is 12.8 Å². The summed E-state index contributed by atoms with van der Waals surface area (Å²) in [5.41, 5.74) is 0. The second-order valence-electron chi connectivity index (χ2n) is 5.25. The maximum Gasteiger partial charge on any atom is 0.533 e. The van der Waals surface area contributed by atoms with Crippen molar-refractivity contribution in [2.75, 3.05) is 13.2 Å². The van der Waals surface area contributed by atoms with Crippen LogP contribution in [-0.2, 0) is 38.3 Å². The summed E-state index contributed by atoms with van der Waals surface area (Å²) in [6.07, 6.45) is -1.90. The van der Waals surface area contributed by atoms with Crippen molar-refractivity contribution in [3.05, 3.63) is 0 Å². The molecule has 12 heteroatoms. The average Bonchev–Trinajstić information content (AvgIpc) is 3.08. The second kappa shape index (κ2) is 8.78. The third kappa shape index (κ3) is 5.16. The molecule has 0 aromatic rings. The summed E-state index contributed by atoms with van der Waals surface area (Å²) in [5, 5.41) is 0.727. The van der Waals surface area contributed by atoms with E-state index in [0.717, 1.165) is 0 Å². The van der Waals surface area contributed by atoms with Gasteiger partial charge in [0.25, 0.3) is 23.6 Å². The van der Waals surface area contributed by atoms with Crippen molar-refractivity contribution < 1.29 is 47.9 Å². The lowest BCUT2D eigenvalue weighted by atomic mass is 10.3. The number of imide groups is 2. The molecule has 2 aliphatic heterocycles. The van der Waals surface area contributed by atoms with Gasteiger partial charge in [-0.1, -0.05) is 10.1 Å². The summed E-state index contributed by atoms with van der Waals surface area (Å²) < 4.78 is 9.33. The summed E-state index contributed by atoms with van der Waals surface area (Å²) in [5.74, 6) is -2.47. The van der Waals surface area contributed by atoms with E-state index in [-0.39, 0.29) is 51.7 Å².